The van der Waals surface area contributed by atoms with Gasteiger partial charge in [0.15, 0.2) is 12.4 Å². The van der Waals surface area contributed by atoms with Gasteiger partial charge < -0.3 is 20.3 Å². The molecule has 0 aromatic rings. The average Bonchev–Trinajstić information content (AvgIpc) is 3.19. The molecule has 0 saturated heterocycles. The number of carbonyl (C=O) groups is 6. The number of esters is 1. The molecule has 0 spiro atoms. The maximum atomic E-state index is 13.7. The minimum absolute atomic E-state index is 0.00421. The maximum absolute atomic E-state index is 13.7. The predicted molar refractivity (Wildman–Crippen MR) is 146 cm³/mol. The van der Waals surface area contributed by atoms with E-state index in [1.807, 2.05) is 6.92 Å². The molecule has 3 fully saturated rings. The van der Waals surface area contributed by atoms with Crippen molar-refractivity contribution in [2.24, 2.45) is 34.5 Å². The lowest BCUT2D eigenvalue weighted by atomic mass is 9.46. The minimum atomic E-state index is -1.82. The molecule has 226 valence electrons. The van der Waals surface area contributed by atoms with Crippen LogP contribution in [0.2, 0.25) is 0 Å². The minimum Gasteiger partial charge on any atom is -0.480 e. The zero-order chi connectivity index (χ0) is 30.3. The number of carboxylic acids is 1. The molecule has 3 saturated carbocycles. The average molecular weight is 574 g/mol. The molecular weight excluding hydrogens is 530 g/mol. The number of hydrogen-bond acceptors (Lipinski definition) is 8. The van der Waals surface area contributed by atoms with Gasteiger partial charge in [-0.3, -0.25) is 24.0 Å². The predicted octanol–water partition coefficient (Wildman–Crippen LogP) is 2.94. The summed E-state index contributed by atoms with van der Waals surface area (Å²) in [6.07, 6.45) is 4.96. The van der Waals surface area contributed by atoms with Crippen LogP contribution >= 0.6 is 0 Å². The van der Waals surface area contributed by atoms with Crippen molar-refractivity contribution in [1.82, 2.24) is 5.32 Å². The highest BCUT2D eigenvalue weighted by atomic mass is 16.5. The molecule has 0 aromatic carbocycles. The molecule has 41 heavy (non-hydrogen) atoms. The van der Waals surface area contributed by atoms with E-state index in [0.717, 1.165) is 18.4 Å². The Kier molecular flexibility index (Phi) is 8.65. The zero-order valence-corrected chi connectivity index (χ0v) is 24.5. The van der Waals surface area contributed by atoms with Crippen LogP contribution in [-0.4, -0.2) is 63.7 Å². The Morgan fingerprint density at radius 3 is 2.46 bits per heavy atom. The Labute approximate surface area is 240 Å². The second-order valence-corrected chi connectivity index (χ2v) is 13.2. The third-order valence-corrected chi connectivity index (χ3v) is 11.0. The first-order chi connectivity index (χ1) is 19.2. The highest BCUT2D eigenvalue weighted by Gasteiger charge is 2.68. The van der Waals surface area contributed by atoms with Crippen LogP contribution in [0.3, 0.4) is 0 Å². The van der Waals surface area contributed by atoms with Gasteiger partial charge in [-0.2, -0.15) is 0 Å². The highest BCUT2D eigenvalue weighted by Crippen LogP contribution is 2.66. The number of Topliss-reactive ketones (excluding diaryl/α,β-unsaturated/α-hetero) is 2. The summed E-state index contributed by atoms with van der Waals surface area (Å²) in [4.78, 5) is 75.1. The van der Waals surface area contributed by atoms with Crippen LogP contribution in [-0.2, 0) is 33.5 Å². The monoisotopic (exact) mass is 573 g/mol. The number of carbonyl (C=O) groups excluding carboxylic acids is 5. The molecule has 10 heteroatoms. The molecule has 4 aliphatic rings. The van der Waals surface area contributed by atoms with E-state index in [1.54, 1.807) is 19.9 Å². The Morgan fingerprint density at radius 1 is 1.10 bits per heavy atom. The summed E-state index contributed by atoms with van der Waals surface area (Å²) in [6, 6.07) is -1.07. The molecule has 0 aliphatic heterocycles. The molecule has 0 unspecified atom stereocenters. The van der Waals surface area contributed by atoms with Crippen LogP contribution in [0.1, 0.15) is 91.9 Å². The second-order valence-electron chi connectivity index (χ2n) is 13.2. The quantitative estimate of drug-likeness (QED) is 0.333. The number of amides is 1. The highest BCUT2D eigenvalue weighted by molar-refractivity contribution is 5.95. The number of carboxylic acid groups (broad SMARTS) is 1. The Hall–Kier alpha value is -2.88. The molecule has 10 nitrogen and oxygen atoms in total. The number of aliphatic hydroxyl groups is 1. The summed E-state index contributed by atoms with van der Waals surface area (Å²) in [6.45, 7) is 6.74. The van der Waals surface area contributed by atoms with Crippen molar-refractivity contribution in [3.8, 4) is 0 Å². The number of ketones is 3. The molecule has 0 aromatic heterocycles. The lowest BCUT2D eigenvalue weighted by molar-refractivity contribution is -0.173. The van der Waals surface area contributed by atoms with Crippen molar-refractivity contribution >= 4 is 35.2 Å². The zero-order valence-electron chi connectivity index (χ0n) is 24.5. The smallest absolute Gasteiger partial charge is 0.326 e. The summed E-state index contributed by atoms with van der Waals surface area (Å²) in [7, 11) is 0. The lowest BCUT2D eigenvalue weighted by Gasteiger charge is -2.57. The molecule has 0 heterocycles. The standard InChI is InChI=1S/C31H43NO9/c1-5-17(2)27(28(38)39)32-24(36)8-9-25(37)41-16-23(35)31(40)13-11-21-20-7-6-18-14-19(33)10-12-29(18,3)26(20)22(34)15-30(21,31)4/h14,17,20-21,26-27,40H,5-13,15-16H2,1-4H3,(H,32,36)(H,38,39)/t17-,20-,21-,26+,27+,29-,30-,31-/m0/s1. The fourth-order valence-electron chi connectivity index (χ4n) is 8.33. The molecule has 0 radical (unpaired) electrons. The first-order valence-electron chi connectivity index (χ1n) is 14.9. The van der Waals surface area contributed by atoms with Gasteiger partial charge in [0.05, 0.1) is 6.42 Å². The third kappa shape index (κ3) is 5.40. The van der Waals surface area contributed by atoms with Crippen molar-refractivity contribution in [3.63, 3.8) is 0 Å². The summed E-state index contributed by atoms with van der Waals surface area (Å²) in [5.74, 6) is -3.68. The summed E-state index contributed by atoms with van der Waals surface area (Å²) >= 11 is 0. The topological polar surface area (TPSA) is 164 Å². The van der Waals surface area contributed by atoms with Crippen LogP contribution in [0, 0.1) is 34.5 Å². The van der Waals surface area contributed by atoms with Crippen LogP contribution in [0.25, 0.3) is 0 Å². The summed E-state index contributed by atoms with van der Waals surface area (Å²) in [5, 5.41) is 23.5. The van der Waals surface area contributed by atoms with Gasteiger partial charge >= 0.3 is 11.9 Å². The van der Waals surface area contributed by atoms with Gasteiger partial charge in [-0.15, -0.1) is 0 Å². The Balaban J connectivity index is 1.37. The van der Waals surface area contributed by atoms with E-state index >= 15 is 0 Å². The fourth-order valence-corrected chi connectivity index (χ4v) is 8.33. The van der Waals surface area contributed by atoms with Crippen molar-refractivity contribution in [2.75, 3.05) is 6.61 Å². The summed E-state index contributed by atoms with van der Waals surface area (Å²) in [5.41, 5.74) is -2.13. The number of aliphatic carboxylic acids is 1. The molecule has 0 bridgehead atoms. The van der Waals surface area contributed by atoms with E-state index in [1.165, 1.54) is 0 Å². The van der Waals surface area contributed by atoms with Gasteiger partial charge in [-0.1, -0.05) is 39.7 Å². The van der Waals surface area contributed by atoms with Gasteiger partial charge in [0.25, 0.3) is 0 Å². The van der Waals surface area contributed by atoms with Gasteiger partial charge in [-0.25, -0.2) is 4.79 Å². The fraction of sp³-hybridized carbons (Fsp3) is 0.742. The van der Waals surface area contributed by atoms with E-state index in [-0.39, 0.29) is 66.3 Å². The first-order valence-corrected chi connectivity index (χ1v) is 14.9. The van der Waals surface area contributed by atoms with E-state index in [0.29, 0.717) is 25.7 Å². The Bertz CT molecular complexity index is 1180. The summed E-state index contributed by atoms with van der Waals surface area (Å²) < 4.78 is 5.14. The molecule has 8 atom stereocenters. The van der Waals surface area contributed by atoms with E-state index in [9.17, 15) is 39.0 Å². The Morgan fingerprint density at radius 2 is 1.80 bits per heavy atom. The maximum Gasteiger partial charge on any atom is 0.326 e. The van der Waals surface area contributed by atoms with Crippen molar-refractivity contribution < 1.29 is 43.7 Å². The molecule has 4 rings (SSSR count). The normalized spacial score (nSPS) is 35.7. The number of nitrogens with one attached hydrogen (secondary N) is 1. The molecule has 3 N–H and O–H groups in total. The van der Waals surface area contributed by atoms with Crippen LogP contribution in [0.4, 0.5) is 0 Å². The van der Waals surface area contributed by atoms with Gasteiger partial charge in [0, 0.05) is 30.6 Å². The first kappa shape index (κ1) is 31.1. The molecule has 1 amide bonds. The van der Waals surface area contributed by atoms with Crippen LogP contribution < -0.4 is 5.32 Å². The second kappa shape index (κ2) is 11.4. The SMILES string of the molecule is CC[C@H](C)[C@@H](NC(=O)CCC(=O)OCC(=O)[C@@]1(O)CC[C@H]2[C@@H]3CCC4=CC(=O)CC[C@]4(C)[C@H]3C(=O)C[C@@]21C)C(=O)O. The van der Waals surface area contributed by atoms with Crippen molar-refractivity contribution in [3.05, 3.63) is 11.6 Å². The van der Waals surface area contributed by atoms with Gasteiger partial charge in [-0.05, 0) is 61.3 Å². The number of allylic oxidation sites excluding steroid dienone is 1. The van der Waals surface area contributed by atoms with Gasteiger partial charge in [0.2, 0.25) is 11.7 Å². The molecular formula is C31H43NO9. The van der Waals surface area contributed by atoms with E-state index < -0.39 is 47.3 Å². The molecule has 4 aliphatic carbocycles. The van der Waals surface area contributed by atoms with Gasteiger partial charge in [0.1, 0.15) is 17.4 Å². The largest absolute Gasteiger partial charge is 0.480 e. The van der Waals surface area contributed by atoms with E-state index in [4.69, 9.17) is 4.74 Å². The number of rotatable bonds is 10. The van der Waals surface area contributed by atoms with Crippen molar-refractivity contribution in [2.45, 2.75) is 104 Å². The third-order valence-electron chi connectivity index (χ3n) is 11.0. The van der Waals surface area contributed by atoms with Crippen LogP contribution in [0.5, 0.6) is 0 Å². The van der Waals surface area contributed by atoms with E-state index in [2.05, 4.69) is 12.2 Å². The number of hydrogen-bond donors (Lipinski definition) is 3. The van der Waals surface area contributed by atoms with Crippen molar-refractivity contribution in [1.29, 1.82) is 0 Å². The number of fused-ring (bicyclic) bond motifs is 5. The van der Waals surface area contributed by atoms with Crippen LogP contribution in [0.15, 0.2) is 11.6 Å². The number of ether oxygens (including phenoxy) is 1. The lowest BCUT2D eigenvalue weighted by Crippen LogP contribution is -2.61.